The normalized spacial score (nSPS) is 10.2. The topological polar surface area (TPSA) is 93.8 Å². The highest BCUT2D eigenvalue weighted by atomic mass is 16.5. The van der Waals surface area contributed by atoms with Gasteiger partial charge in [0.25, 0.3) is 5.56 Å². The molecule has 0 radical (unpaired) electrons. The van der Waals surface area contributed by atoms with Gasteiger partial charge in [-0.3, -0.25) is 9.78 Å². The molecule has 0 saturated heterocycles. The molecule has 2 rings (SSSR count). The van der Waals surface area contributed by atoms with Gasteiger partial charge in [0.15, 0.2) is 6.26 Å². The molecule has 0 aliphatic carbocycles. The molecule has 2 aromatic heterocycles. The van der Waals surface area contributed by atoms with E-state index in [1.54, 1.807) is 0 Å². The Bertz CT molecular complexity index is 509. The van der Waals surface area contributed by atoms with E-state index in [0.717, 1.165) is 4.57 Å². The van der Waals surface area contributed by atoms with Gasteiger partial charge < -0.3 is 4.52 Å². The van der Waals surface area contributed by atoms with Crippen molar-refractivity contribution in [2.75, 3.05) is 0 Å². The number of hydrogen-bond donors (Lipinski definition) is 1. The molecule has 0 fully saturated rings. The van der Waals surface area contributed by atoms with E-state index in [2.05, 4.69) is 19.9 Å². The standard InChI is InChI=1S/C6H4N4O3/c11-5-1-2-10(6(12)7-5)4-3-13-9-8-4/h1-3H,(H,7,11,12). The first-order valence-electron chi connectivity index (χ1n) is 3.37. The minimum absolute atomic E-state index is 0.223. The highest BCUT2D eigenvalue weighted by molar-refractivity contribution is 5.12. The fraction of sp³-hybridized carbons (Fsp3) is 0. The van der Waals surface area contributed by atoms with E-state index in [1.165, 1.54) is 18.5 Å². The summed E-state index contributed by atoms with van der Waals surface area (Å²) in [5.74, 6) is 0.223. The lowest BCUT2D eigenvalue weighted by atomic mass is 10.6. The predicted molar refractivity (Wildman–Crippen MR) is 40.5 cm³/mol. The van der Waals surface area contributed by atoms with Gasteiger partial charge in [-0.2, -0.15) is 0 Å². The molecule has 0 spiro atoms. The Morgan fingerprint density at radius 2 is 2.31 bits per heavy atom. The molecule has 0 aliphatic heterocycles. The molecule has 0 amide bonds. The maximum Gasteiger partial charge on any atom is 0.334 e. The van der Waals surface area contributed by atoms with Gasteiger partial charge in [0, 0.05) is 17.5 Å². The maximum absolute atomic E-state index is 11.1. The summed E-state index contributed by atoms with van der Waals surface area (Å²) in [6.07, 6.45) is 2.49. The zero-order valence-electron chi connectivity index (χ0n) is 6.30. The van der Waals surface area contributed by atoms with E-state index in [-0.39, 0.29) is 5.82 Å². The van der Waals surface area contributed by atoms with E-state index < -0.39 is 11.2 Å². The molecule has 7 heteroatoms. The van der Waals surface area contributed by atoms with Crippen molar-refractivity contribution >= 4 is 0 Å². The lowest BCUT2D eigenvalue weighted by molar-refractivity contribution is 0.393. The average Bonchev–Trinajstić information content (AvgIpc) is 2.56. The fourth-order valence-electron chi connectivity index (χ4n) is 0.862. The van der Waals surface area contributed by atoms with E-state index in [9.17, 15) is 9.59 Å². The number of nitrogens with one attached hydrogen (secondary N) is 1. The molecule has 0 atom stereocenters. The molecular weight excluding hydrogens is 176 g/mol. The number of aromatic nitrogens is 4. The Balaban J connectivity index is 2.67. The lowest BCUT2D eigenvalue weighted by Gasteiger charge is -1.95. The highest BCUT2D eigenvalue weighted by Crippen LogP contribution is 1.94. The predicted octanol–water partition coefficient (Wildman–Crippen LogP) is -1.09. The summed E-state index contributed by atoms with van der Waals surface area (Å²) >= 11 is 0. The van der Waals surface area contributed by atoms with E-state index in [1.807, 2.05) is 0 Å². The first-order valence-corrected chi connectivity index (χ1v) is 3.37. The Kier molecular flexibility index (Phi) is 1.55. The monoisotopic (exact) mass is 180 g/mol. The van der Waals surface area contributed by atoms with Crippen molar-refractivity contribution in [1.29, 1.82) is 0 Å². The summed E-state index contributed by atoms with van der Waals surface area (Å²) in [6, 6.07) is 1.20. The number of nitrogens with zero attached hydrogens (tertiary/aromatic N) is 3. The lowest BCUT2D eigenvalue weighted by Crippen LogP contribution is -2.27. The van der Waals surface area contributed by atoms with Gasteiger partial charge in [0.05, 0.1) is 0 Å². The summed E-state index contributed by atoms with van der Waals surface area (Å²) in [4.78, 5) is 23.9. The van der Waals surface area contributed by atoms with Crippen LogP contribution < -0.4 is 11.2 Å². The van der Waals surface area contributed by atoms with Crippen LogP contribution in [0.15, 0.2) is 32.6 Å². The number of H-pyrrole nitrogens is 1. The maximum atomic E-state index is 11.1. The molecular formula is C6H4N4O3. The first kappa shape index (κ1) is 7.47. The molecule has 0 aromatic carbocycles. The van der Waals surface area contributed by atoms with Crippen molar-refractivity contribution in [3.63, 3.8) is 0 Å². The summed E-state index contributed by atoms with van der Waals surface area (Å²) in [6.45, 7) is 0. The van der Waals surface area contributed by atoms with Crippen LogP contribution in [0, 0.1) is 0 Å². The summed E-state index contributed by atoms with van der Waals surface area (Å²) in [5, 5.41) is 6.69. The van der Waals surface area contributed by atoms with Gasteiger partial charge in [-0.25, -0.2) is 9.36 Å². The molecule has 0 bridgehead atoms. The van der Waals surface area contributed by atoms with Gasteiger partial charge in [-0.05, 0) is 0 Å². The molecule has 0 aliphatic rings. The molecule has 0 unspecified atom stereocenters. The molecule has 0 saturated carbocycles. The average molecular weight is 180 g/mol. The minimum atomic E-state index is -0.580. The molecule has 7 nitrogen and oxygen atoms in total. The van der Waals surface area contributed by atoms with Crippen LogP contribution >= 0.6 is 0 Å². The van der Waals surface area contributed by atoms with Crippen LogP contribution in [0.1, 0.15) is 0 Å². The van der Waals surface area contributed by atoms with E-state index in [4.69, 9.17) is 0 Å². The molecule has 1 N–H and O–H groups in total. The summed E-state index contributed by atoms with van der Waals surface area (Å²) < 4.78 is 5.55. The van der Waals surface area contributed by atoms with Crippen molar-refractivity contribution in [2.45, 2.75) is 0 Å². The van der Waals surface area contributed by atoms with E-state index in [0.29, 0.717) is 0 Å². The second-order valence-corrected chi connectivity index (χ2v) is 2.24. The Labute approximate surface area is 70.6 Å². The van der Waals surface area contributed by atoms with Gasteiger partial charge in [-0.1, -0.05) is 5.10 Å². The largest absolute Gasteiger partial charge is 0.343 e. The Morgan fingerprint density at radius 3 is 2.92 bits per heavy atom. The Morgan fingerprint density at radius 1 is 1.46 bits per heavy atom. The fourth-order valence-corrected chi connectivity index (χ4v) is 0.862. The van der Waals surface area contributed by atoms with Gasteiger partial charge in [0.1, 0.15) is 0 Å². The summed E-state index contributed by atoms with van der Waals surface area (Å²) in [7, 11) is 0. The smallest absolute Gasteiger partial charge is 0.334 e. The van der Waals surface area contributed by atoms with Crippen LogP contribution in [0.25, 0.3) is 5.82 Å². The first-order chi connectivity index (χ1) is 6.27. The van der Waals surface area contributed by atoms with Crippen molar-refractivity contribution in [2.24, 2.45) is 0 Å². The number of rotatable bonds is 1. The SMILES string of the molecule is O=c1ccn(-c2conn2)c(=O)[nH]1. The van der Waals surface area contributed by atoms with Gasteiger partial charge in [-0.15, -0.1) is 0 Å². The third-order valence-electron chi connectivity index (χ3n) is 1.42. The van der Waals surface area contributed by atoms with Crippen LogP contribution in [-0.2, 0) is 0 Å². The highest BCUT2D eigenvalue weighted by Gasteiger charge is 2.02. The zero-order valence-corrected chi connectivity index (χ0v) is 6.30. The molecule has 13 heavy (non-hydrogen) atoms. The third-order valence-corrected chi connectivity index (χ3v) is 1.42. The van der Waals surface area contributed by atoms with Crippen molar-refractivity contribution in [1.82, 2.24) is 19.9 Å². The minimum Gasteiger partial charge on any atom is -0.343 e. The van der Waals surface area contributed by atoms with Crippen LogP contribution in [0.3, 0.4) is 0 Å². The molecule has 2 aromatic rings. The van der Waals surface area contributed by atoms with Crippen molar-refractivity contribution < 1.29 is 4.52 Å². The molecule has 66 valence electrons. The second-order valence-electron chi connectivity index (χ2n) is 2.24. The zero-order chi connectivity index (χ0) is 9.26. The second kappa shape index (κ2) is 2.70. The van der Waals surface area contributed by atoms with Crippen molar-refractivity contribution in [3.8, 4) is 5.82 Å². The van der Waals surface area contributed by atoms with Crippen LogP contribution in [0.5, 0.6) is 0 Å². The van der Waals surface area contributed by atoms with Gasteiger partial charge in [0.2, 0.25) is 5.82 Å². The van der Waals surface area contributed by atoms with Crippen LogP contribution in [-0.4, -0.2) is 19.9 Å². The summed E-state index contributed by atoms with van der Waals surface area (Å²) in [5.41, 5.74) is -1.04. The molecule has 2 heterocycles. The quantitative estimate of drug-likeness (QED) is 0.601. The third kappa shape index (κ3) is 1.26. The van der Waals surface area contributed by atoms with Crippen molar-refractivity contribution in [3.05, 3.63) is 39.4 Å². The number of aromatic amines is 1. The van der Waals surface area contributed by atoms with Crippen LogP contribution in [0.4, 0.5) is 0 Å². The Hall–Kier alpha value is -2.18. The van der Waals surface area contributed by atoms with Crippen LogP contribution in [0.2, 0.25) is 0 Å². The number of hydrogen-bond acceptors (Lipinski definition) is 5. The van der Waals surface area contributed by atoms with E-state index >= 15 is 0 Å². The van der Waals surface area contributed by atoms with Gasteiger partial charge >= 0.3 is 5.69 Å².